The summed E-state index contributed by atoms with van der Waals surface area (Å²) in [4.78, 5) is 16.4. The van der Waals surface area contributed by atoms with Crippen LogP contribution in [0.5, 0.6) is 0 Å². The van der Waals surface area contributed by atoms with Gasteiger partial charge < -0.3 is 15.4 Å². The van der Waals surface area contributed by atoms with Crippen molar-refractivity contribution in [3.8, 4) is 0 Å². The van der Waals surface area contributed by atoms with E-state index in [0.29, 0.717) is 12.1 Å². The minimum atomic E-state index is -0.0557. The maximum atomic E-state index is 12.1. The molecule has 1 aromatic heterocycles. The highest BCUT2D eigenvalue weighted by atomic mass is 16.5. The number of ether oxygens (including phenoxy) is 1. The number of pyridine rings is 1. The third-order valence-electron chi connectivity index (χ3n) is 3.97. The van der Waals surface area contributed by atoms with Crippen LogP contribution in [-0.4, -0.2) is 37.7 Å². The standard InChI is InChI=1S/C18H27N3O2/c1-23-13-5-11-19-17-9-8-16(14-21-17)18(22)20-12-10-15-6-3-2-4-7-15/h6,8-9,14H,2-5,7,10-13H2,1H3,(H,19,21)(H,20,22). The molecule has 1 amide bonds. The van der Waals surface area contributed by atoms with Crippen LogP contribution in [0.25, 0.3) is 0 Å². The molecule has 0 saturated heterocycles. The zero-order valence-electron chi connectivity index (χ0n) is 13.9. The quantitative estimate of drug-likeness (QED) is 0.542. The molecule has 0 aromatic carbocycles. The number of hydrogen-bond acceptors (Lipinski definition) is 4. The molecule has 1 aromatic rings. The van der Waals surface area contributed by atoms with E-state index in [1.165, 1.54) is 31.3 Å². The number of nitrogens with one attached hydrogen (secondary N) is 2. The Balaban J connectivity index is 1.70. The van der Waals surface area contributed by atoms with Gasteiger partial charge in [0.15, 0.2) is 0 Å². The van der Waals surface area contributed by atoms with Gasteiger partial charge in [-0.1, -0.05) is 11.6 Å². The van der Waals surface area contributed by atoms with Gasteiger partial charge in [-0.05, 0) is 50.7 Å². The summed E-state index contributed by atoms with van der Waals surface area (Å²) in [6.45, 7) is 2.23. The van der Waals surface area contributed by atoms with E-state index in [1.807, 2.05) is 6.07 Å². The molecule has 23 heavy (non-hydrogen) atoms. The van der Waals surface area contributed by atoms with Crippen LogP contribution < -0.4 is 10.6 Å². The monoisotopic (exact) mass is 317 g/mol. The van der Waals surface area contributed by atoms with Crippen LogP contribution in [0.2, 0.25) is 0 Å². The number of rotatable bonds is 9. The fourth-order valence-electron chi connectivity index (χ4n) is 2.64. The topological polar surface area (TPSA) is 63.2 Å². The van der Waals surface area contributed by atoms with E-state index in [0.717, 1.165) is 31.8 Å². The number of carbonyl (C=O) groups excluding carboxylic acids is 1. The Labute approximate surface area is 138 Å². The number of anilines is 1. The Morgan fingerprint density at radius 1 is 1.30 bits per heavy atom. The summed E-state index contributed by atoms with van der Waals surface area (Å²) in [6, 6.07) is 3.65. The molecule has 1 heterocycles. The zero-order chi connectivity index (χ0) is 16.3. The van der Waals surface area contributed by atoms with Gasteiger partial charge in [0.2, 0.25) is 0 Å². The number of hydrogen-bond donors (Lipinski definition) is 2. The Morgan fingerprint density at radius 2 is 2.22 bits per heavy atom. The van der Waals surface area contributed by atoms with Crippen molar-refractivity contribution in [3.05, 3.63) is 35.5 Å². The summed E-state index contributed by atoms with van der Waals surface area (Å²) in [7, 11) is 1.69. The second kappa shape index (κ2) is 10.0. The van der Waals surface area contributed by atoms with Gasteiger partial charge in [0.1, 0.15) is 5.82 Å². The van der Waals surface area contributed by atoms with Crippen LogP contribution in [0.1, 0.15) is 48.9 Å². The molecule has 1 aliphatic carbocycles. The van der Waals surface area contributed by atoms with Gasteiger partial charge in [0.05, 0.1) is 5.56 Å². The van der Waals surface area contributed by atoms with Crippen LogP contribution in [0.3, 0.4) is 0 Å². The summed E-state index contributed by atoms with van der Waals surface area (Å²) < 4.78 is 4.99. The lowest BCUT2D eigenvalue weighted by atomic mass is 9.97. The Bertz CT molecular complexity index is 512. The zero-order valence-corrected chi connectivity index (χ0v) is 13.9. The molecule has 0 spiro atoms. The van der Waals surface area contributed by atoms with Crippen molar-refractivity contribution in [1.29, 1.82) is 0 Å². The smallest absolute Gasteiger partial charge is 0.252 e. The first-order valence-electron chi connectivity index (χ1n) is 8.44. The Hall–Kier alpha value is -1.88. The van der Waals surface area contributed by atoms with Crippen molar-refractivity contribution in [2.45, 2.75) is 38.5 Å². The van der Waals surface area contributed by atoms with Crippen molar-refractivity contribution in [3.63, 3.8) is 0 Å². The van der Waals surface area contributed by atoms with Crippen molar-refractivity contribution in [1.82, 2.24) is 10.3 Å². The second-order valence-corrected chi connectivity index (χ2v) is 5.82. The number of methoxy groups -OCH3 is 1. The average molecular weight is 317 g/mol. The maximum Gasteiger partial charge on any atom is 0.252 e. The number of nitrogens with zero attached hydrogens (tertiary/aromatic N) is 1. The van der Waals surface area contributed by atoms with Crippen LogP contribution in [0.4, 0.5) is 5.82 Å². The highest BCUT2D eigenvalue weighted by Crippen LogP contribution is 2.19. The van der Waals surface area contributed by atoms with Crippen molar-refractivity contribution in [2.24, 2.45) is 0 Å². The lowest BCUT2D eigenvalue weighted by molar-refractivity contribution is 0.0953. The van der Waals surface area contributed by atoms with E-state index in [1.54, 1.807) is 19.4 Å². The van der Waals surface area contributed by atoms with E-state index in [9.17, 15) is 4.79 Å². The summed E-state index contributed by atoms with van der Waals surface area (Å²) in [5.41, 5.74) is 2.08. The predicted molar refractivity (Wildman–Crippen MR) is 92.7 cm³/mol. The molecule has 0 unspecified atom stereocenters. The van der Waals surface area contributed by atoms with E-state index in [-0.39, 0.29) is 5.91 Å². The maximum absolute atomic E-state index is 12.1. The summed E-state index contributed by atoms with van der Waals surface area (Å²) in [5.74, 6) is 0.727. The third-order valence-corrected chi connectivity index (χ3v) is 3.97. The molecule has 0 aliphatic heterocycles. The molecule has 0 fully saturated rings. The predicted octanol–water partition coefficient (Wildman–Crippen LogP) is 3.15. The lowest BCUT2D eigenvalue weighted by Crippen LogP contribution is -2.25. The minimum Gasteiger partial charge on any atom is -0.385 e. The van der Waals surface area contributed by atoms with Gasteiger partial charge in [-0.3, -0.25) is 4.79 Å². The first-order chi connectivity index (χ1) is 11.3. The molecule has 5 nitrogen and oxygen atoms in total. The van der Waals surface area contributed by atoms with Gasteiger partial charge in [-0.2, -0.15) is 0 Å². The molecule has 0 saturated carbocycles. The summed E-state index contributed by atoms with van der Waals surface area (Å²) in [5, 5.41) is 6.17. The van der Waals surface area contributed by atoms with Crippen LogP contribution >= 0.6 is 0 Å². The van der Waals surface area contributed by atoms with E-state index in [2.05, 4.69) is 21.7 Å². The molecule has 5 heteroatoms. The van der Waals surface area contributed by atoms with Gasteiger partial charge in [0, 0.05) is 33.0 Å². The van der Waals surface area contributed by atoms with Gasteiger partial charge >= 0.3 is 0 Å². The molecular formula is C18H27N3O2. The highest BCUT2D eigenvalue weighted by Gasteiger charge is 2.07. The molecule has 1 aliphatic rings. The van der Waals surface area contributed by atoms with Crippen molar-refractivity contribution >= 4 is 11.7 Å². The van der Waals surface area contributed by atoms with Gasteiger partial charge in [-0.15, -0.1) is 0 Å². The molecule has 0 radical (unpaired) electrons. The summed E-state index contributed by atoms with van der Waals surface area (Å²) >= 11 is 0. The molecule has 126 valence electrons. The fourth-order valence-corrected chi connectivity index (χ4v) is 2.64. The lowest BCUT2D eigenvalue weighted by Gasteiger charge is -2.13. The minimum absolute atomic E-state index is 0.0557. The number of amides is 1. The fraction of sp³-hybridized carbons (Fsp3) is 0.556. The van der Waals surface area contributed by atoms with Crippen LogP contribution in [-0.2, 0) is 4.74 Å². The third kappa shape index (κ3) is 6.40. The molecule has 2 N–H and O–H groups in total. The van der Waals surface area contributed by atoms with E-state index in [4.69, 9.17) is 4.74 Å². The summed E-state index contributed by atoms with van der Waals surface area (Å²) in [6.07, 6.45) is 10.8. The van der Waals surface area contributed by atoms with Crippen molar-refractivity contribution < 1.29 is 9.53 Å². The number of allylic oxidation sites excluding steroid dienone is 1. The first kappa shape index (κ1) is 17.5. The van der Waals surface area contributed by atoms with Crippen molar-refractivity contribution in [2.75, 3.05) is 32.1 Å². The number of aromatic nitrogens is 1. The second-order valence-electron chi connectivity index (χ2n) is 5.82. The molecule has 0 bridgehead atoms. The van der Waals surface area contributed by atoms with Gasteiger partial charge in [-0.25, -0.2) is 4.98 Å². The van der Waals surface area contributed by atoms with E-state index >= 15 is 0 Å². The van der Waals surface area contributed by atoms with Gasteiger partial charge in [0.25, 0.3) is 5.91 Å². The molecule has 0 atom stereocenters. The Morgan fingerprint density at radius 3 is 2.91 bits per heavy atom. The van der Waals surface area contributed by atoms with Crippen LogP contribution in [0.15, 0.2) is 30.0 Å². The normalized spacial score (nSPS) is 14.2. The largest absolute Gasteiger partial charge is 0.385 e. The molecular weight excluding hydrogens is 290 g/mol. The average Bonchev–Trinajstić information content (AvgIpc) is 2.60. The molecule has 2 rings (SSSR count). The van der Waals surface area contributed by atoms with Crippen LogP contribution in [0, 0.1) is 0 Å². The highest BCUT2D eigenvalue weighted by molar-refractivity contribution is 5.94. The number of carbonyl (C=O) groups is 1. The first-order valence-corrected chi connectivity index (χ1v) is 8.44. The SMILES string of the molecule is COCCCNc1ccc(C(=O)NCCC2=CCCCC2)cn1. The van der Waals surface area contributed by atoms with E-state index < -0.39 is 0 Å². The Kier molecular flexibility index (Phi) is 7.60.